The molecule has 1 atom stereocenters. The van der Waals surface area contributed by atoms with Crippen LogP contribution in [0.25, 0.3) is 0 Å². The van der Waals surface area contributed by atoms with Crippen LogP contribution in [-0.2, 0) is 6.42 Å². The fourth-order valence-corrected chi connectivity index (χ4v) is 2.67. The van der Waals surface area contributed by atoms with E-state index >= 15 is 0 Å². The van der Waals surface area contributed by atoms with Gasteiger partial charge >= 0.3 is 0 Å². The summed E-state index contributed by atoms with van der Waals surface area (Å²) in [5, 5.41) is 4.16. The molecule has 0 amide bonds. The number of methoxy groups -OCH3 is 1. The second-order valence-electron chi connectivity index (χ2n) is 3.88. The Bertz CT molecular complexity index is 368. The summed E-state index contributed by atoms with van der Waals surface area (Å²) in [7, 11) is 3.70. The van der Waals surface area contributed by atoms with Gasteiger partial charge in [0, 0.05) is 16.6 Å². The maximum atomic E-state index is 6.25. The van der Waals surface area contributed by atoms with Crippen molar-refractivity contribution in [2.24, 2.45) is 0 Å². The van der Waals surface area contributed by atoms with Crippen molar-refractivity contribution < 1.29 is 4.74 Å². The summed E-state index contributed by atoms with van der Waals surface area (Å²) in [6, 6.07) is 4.25. The first kappa shape index (κ1) is 13.6. The van der Waals surface area contributed by atoms with E-state index in [1.165, 1.54) is 17.5 Å². The Kier molecular flexibility index (Phi) is 4.90. The lowest BCUT2D eigenvalue weighted by atomic mass is 9.87. The van der Waals surface area contributed by atoms with Gasteiger partial charge in [0.2, 0.25) is 0 Å². The van der Waals surface area contributed by atoms with Crippen LogP contribution in [0.4, 0.5) is 0 Å². The highest BCUT2D eigenvalue weighted by Crippen LogP contribution is 2.39. The molecule has 2 rings (SSSR count). The van der Waals surface area contributed by atoms with Crippen molar-refractivity contribution in [3.05, 3.63) is 28.3 Å². The highest BCUT2D eigenvalue weighted by Gasteiger charge is 2.24. The van der Waals surface area contributed by atoms with Crippen LogP contribution in [0.5, 0.6) is 5.75 Å². The lowest BCUT2D eigenvalue weighted by Gasteiger charge is -2.27. The number of ether oxygens (including phenoxy) is 1. The second-order valence-corrected chi connectivity index (χ2v) is 4.28. The molecule has 0 aromatic heterocycles. The monoisotopic (exact) mass is 261 g/mol. The molecule has 1 unspecified atom stereocenters. The first-order valence-electron chi connectivity index (χ1n) is 5.30. The molecule has 1 aliphatic rings. The Labute approximate surface area is 108 Å². The zero-order valence-corrected chi connectivity index (χ0v) is 11.1. The van der Waals surface area contributed by atoms with Crippen molar-refractivity contribution in [3.8, 4) is 5.75 Å². The van der Waals surface area contributed by atoms with Gasteiger partial charge in [-0.3, -0.25) is 0 Å². The van der Waals surface area contributed by atoms with Crippen molar-refractivity contribution in [2.45, 2.75) is 25.3 Å². The van der Waals surface area contributed by atoms with E-state index in [0.29, 0.717) is 6.04 Å². The Balaban J connectivity index is 0.00000128. The van der Waals surface area contributed by atoms with E-state index in [-0.39, 0.29) is 12.4 Å². The average Bonchev–Trinajstić information content (AvgIpc) is 2.29. The van der Waals surface area contributed by atoms with Crippen LogP contribution in [-0.4, -0.2) is 14.2 Å². The third-order valence-electron chi connectivity index (χ3n) is 3.10. The molecule has 1 aromatic carbocycles. The van der Waals surface area contributed by atoms with Crippen molar-refractivity contribution in [1.82, 2.24) is 5.32 Å². The van der Waals surface area contributed by atoms with Gasteiger partial charge in [-0.15, -0.1) is 12.4 Å². The molecule has 0 spiro atoms. The van der Waals surface area contributed by atoms with Crippen molar-refractivity contribution in [1.29, 1.82) is 0 Å². The topological polar surface area (TPSA) is 21.3 Å². The number of fused-ring (bicyclic) bond motifs is 1. The van der Waals surface area contributed by atoms with Crippen molar-refractivity contribution in [3.63, 3.8) is 0 Å². The van der Waals surface area contributed by atoms with Crippen LogP contribution in [0, 0.1) is 0 Å². The zero-order valence-electron chi connectivity index (χ0n) is 9.55. The number of benzene rings is 1. The van der Waals surface area contributed by atoms with Gasteiger partial charge in [-0.25, -0.2) is 0 Å². The predicted octanol–water partition coefficient (Wildman–Crippen LogP) is 3.37. The molecule has 2 nitrogen and oxygen atoms in total. The van der Waals surface area contributed by atoms with Crippen LogP contribution in [0.1, 0.15) is 30.0 Å². The van der Waals surface area contributed by atoms with E-state index in [1.807, 2.05) is 19.2 Å². The highest BCUT2D eigenvalue weighted by atomic mass is 35.5. The summed E-state index contributed by atoms with van der Waals surface area (Å²) in [5.74, 6) is 0.967. The van der Waals surface area contributed by atoms with Crippen LogP contribution < -0.4 is 10.1 Å². The summed E-state index contributed by atoms with van der Waals surface area (Å²) >= 11 is 6.25. The standard InChI is InChI=1S/C12H16ClNO.ClH/c1-14-10-5-3-4-8-11(15-2)7-6-9(13)12(8)10;/h6-7,10,14H,3-5H2,1-2H3;1H. The van der Waals surface area contributed by atoms with Crippen molar-refractivity contribution >= 4 is 24.0 Å². The summed E-state index contributed by atoms with van der Waals surface area (Å²) in [6.45, 7) is 0. The summed E-state index contributed by atoms with van der Waals surface area (Å²) in [6.07, 6.45) is 3.41. The molecule has 0 bridgehead atoms. The number of halogens is 2. The molecule has 0 saturated carbocycles. The Morgan fingerprint density at radius 2 is 2.19 bits per heavy atom. The Morgan fingerprint density at radius 1 is 1.44 bits per heavy atom. The molecule has 1 aromatic rings. The zero-order chi connectivity index (χ0) is 10.8. The molecule has 1 aliphatic carbocycles. The van der Waals surface area contributed by atoms with Gasteiger partial charge in [-0.1, -0.05) is 11.6 Å². The molecular formula is C12H17Cl2NO. The normalized spacial score (nSPS) is 18.6. The predicted molar refractivity (Wildman–Crippen MR) is 70.0 cm³/mol. The van der Waals surface area contributed by atoms with E-state index in [9.17, 15) is 0 Å². The largest absolute Gasteiger partial charge is 0.496 e. The van der Waals surface area contributed by atoms with Crippen LogP contribution in [0.15, 0.2) is 12.1 Å². The SMILES string of the molecule is CNC1CCCc2c(OC)ccc(Cl)c21.Cl. The van der Waals surface area contributed by atoms with Gasteiger partial charge < -0.3 is 10.1 Å². The van der Waals surface area contributed by atoms with Crippen LogP contribution >= 0.6 is 24.0 Å². The number of rotatable bonds is 2. The second kappa shape index (κ2) is 5.76. The first-order chi connectivity index (χ1) is 7.27. The first-order valence-corrected chi connectivity index (χ1v) is 5.68. The number of nitrogens with one attached hydrogen (secondary N) is 1. The molecule has 0 saturated heterocycles. The summed E-state index contributed by atoms with van der Waals surface area (Å²) < 4.78 is 5.37. The van der Waals surface area contributed by atoms with E-state index in [4.69, 9.17) is 16.3 Å². The summed E-state index contributed by atoms with van der Waals surface area (Å²) in [5.41, 5.74) is 2.50. The number of hydrogen-bond acceptors (Lipinski definition) is 2. The van der Waals surface area contributed by atoms with E-state index in [0.717, 1.165) is 23.6 Å². The van der Waals surface area contributed by atoms with Gasteiger partial charge in [0.1, 0.15) is 5.75 Å². The molecular weight excluding hydrogens is 245 g/mol. The fraction of sp³-hybridized carbons (Fsp3) is 0.500. The van der Waals surface area contributed by atoms with Crippen LogP contribution in [0.3, 0.4) is 0 Å². The van der Waals surface area contributed by atoms with Gasteiger partial charge in [-0.2, -0.15) is 0 Å². The third kappa shape index (κ3) is 2.29. The maximum Gasteiger partial charge on any atom is 0.122 e. The van der Waals surface area contributed by atoms with E-state index in [1.54, 1.807) is 7.11 Å². The molecule has 0 heterocycles. The van der Waals surface area contributed by atoms with Gasteiger partial charge in [-0.05, 0) is 44.0 Å². The molecule has 0 aliphatic heterocycles. The lowest BCUT2D eigenvalue weighted by Crippen LogP contribution is -2.22. The molecule has 0 fully saturated rings. The lowest BCUT2D eigenvalue weighted by molar-refractivity contribution is 0.399. The minimum absolute atomic E-state index is 0. The Morgan fingerprint density at radius 3 is 2.81 bits per heavy atom. The van der Waals surface area contributed by atoms with Crippen molar-refractivity contribution in [2.75, 3.05) is 14.2 Å². The number of hydrogen-bond donors (Lipinski definition) is 1. The molecule has 90 valence electrons. The molecule has 4 heteroatoms. The Hall–Kier alpha value is -0.440. The third-order valence-corrected chi connectivity index (χ3v) is 3.43. The van der Waals surface area contributed by atoms with Gasteiger partial charge in [0.15, 0.2) is 0 Å². The van der Waals surface area contributed by atoms with E-state index < -0.39 is 0 Å². The molecule has 16 heavy (non-hydrogen) atoms. The smallest absolute Gasteiger partial charge is 0.122 e. The van der Waals surface area contributed by atoms with Gasteiger partial charge in [0.25, 0.3) is 0 Å². The minimum atomic E-state index is 0. The van der Waals surface area contributed by atoms with Gasteiger partial charge in [0.05, 0.1) is 7.11 Å². The highest BCUT2D eigenvalue weighted by molar-refractivity contribution is 6.31. The average molecular weight is 262 g/mol. The molecule has 0 radical (unpaired) electrons. The fourth-order valence-electron chi connectivity index (χ4n) is 2.36. The maximum absolute atomic E-state index is 6.25. The molecule has 1 N–H and O–H groups in total. The quantitative estimate of drug-likeness (QED) is 0.882. The minimum Gasteiger partial charge on any atom is -0.496 e. The van der Waals surface area contributed by atoms with Crippen LogP contribution in [0.2, 0.25) is 5.02 Å². The van der Waals surface area contributed by atoms with E-state index in [2.05, 4.69) is 5.32 Å². The summed E-state index contributed by atoms with van der Waals surface area (Å²) in [4.78, 5) is 0.